The first-order chi connectivity index (χ1) is 11.9. The molecule has 7 heteroatoms. The van der Waals surface area contributed by atoms with E-state index < -0.39 is 0 Å². The van der Waals surface area contributed by atoms with Crippen LogP contribution < -0.4 is 0 Å². The average Bonchev–Trinajstić information content (AvgIpc) is 2.94. The molecule has 0 aromatic heterocycles. The molecule has 0 radical (unpaired) electrons. The maximum Gasteiger partial charge on any atom is 0.248 e. The van der Waals surface area contributed by atoms with Crippen LogP contribution in [0.2, 0.25) is 5.02 Å². The number of ether oxygens (including phenoxy) is 2. The van der Waals surface area contributed by atoms with Gasteiger partial charge in [0.15, 0.2) is 0 Å². The summed E-state index contributed by atoms with van der Waals surface area (Å²) < 4.78 is 25.1. The van der Waals surface area contributed by atoms with Gasteiger partial charge in [-0.2, -0.15) is 0 Å². The summed E-state index contributed by atoms with van der Waals surface area (Å²) in [5.74, 6) is -0.128. The summed E-state index contributed by atoms with van der Waals surface area (Å²) in [7, 11) is 3.44. The van der Waals surface area contributed by atoms with Crippen molar-refractivity contribution in [3.8, 4) is 0 Å². The fourth-order valence-electron chi connectivity index (χ4n) is 3.51. The van der Waals surface area contributed by atoms with Gasteiger partial charge in [0, 0.05) is 46.3 Å². The van der Waals surface area contributed by atoms with Crippen LogP contribution in [-0.2, 0) is 20.8 Å². The third-order valence-corrected chi connectivity index (χ3v) is 5.32. The monoisotopic (exact) mass is 370 g/mol. The largest absolute Gasteiger partial charge is 0.372 e. The van der Waals surface area contributed by atoms with Crippen molar-refractivity contribution >= 4 is 17.5 Å². The lowest BCUT2D eigenvalue weighted by molar-refractivity contribution is -0.150. The molecular weight excluding hydrogens is 347 g/mol. The molecule has 1 spiro atoms. The van der Waals surface area contributed by atoms with E-state index in [9.17, 15) is 9.18 Å². The van der Waals surface area contributed by atoms with Gasteiger partial charge in [0.1, 0.15) is 12.4 Å². The van der Waals surface area contributed by atoms with Crippen molar-refractivity contribution in [2.75, 3.05) is 47.0 Å². The van der Waals surface area contributed by atoms with Gasteiger partial charge in [-0.3, -0.25) is 9.69 Å². The Morgan fingerprint density at radius 2 is 2.24 bits per heavy atom. The Bertz CT molecular complexity index is 635. The smallest absolute Gasteiger partial charge is 0.248 e. The van der Waals surface area contributed by atoms with E-state index in [0.717, 1.165) is 31.7 Å². The summed E-state index contributed by atoms with van der Waals surface area (Å²) in [5, 5.41) is 0.146. The van der Waals surface area contributed by atoms with Crippen molar-refractivity contribution in [2.45, 2.75) is 18.6 Å². The second kappa shape index (κ2) is 7.58. The summed E-state index contributed by atoms with van der Waals surface area (Å²) in [6.45, 7) is 3.63. The SMILES string of the molecule is CN(C)C(=O)COCC1CCOC12CN(Cc1ccc(Cl)c(F)c1)C2. The number of nitrogens with zero attached hydrogens (tertiary/aromatic N) is 2. The number of amides is 1. The zero-order valence-electron chi connectivity index (χ0n) is 14.6. The van der Waals surface area contributed by atoms with E-state index in [4.69, 9.17) is 21.1 Å². The minimum atomic E-state index is -0.386. The molecule has 25 heavy (non-hydrogen) atoms. The summed E-state index contributed by atoms with van der Waals surface area (Å²) in [5.41, 5.74) is 0.714. The third kappa shape index (κ3) is 4.14. The Balaban J connectivity index is 1.48. The lowest BCUT2D eigenvalue weighted by atomic mass is 9.81. The second-order valence-electron chi connectivity index (χ2n) is 7.10. The average molecular weight is 371 g/mol. The summed E-state index contributed by atoms with van der Waals surface area (Å²) in [6, 6.07) is 4.92. The maximum atomic E-state index is 13.5. The number of hydrogen-bond acceptors (Lipinski definition) is 4. The molecule has 1 atom stereocenters. The van der Waals surface area contributed by atoms with E-state index in [0.29, 0.717) is 19.1 Å². The van der Waals surface area contributed by atoms with Crippen LogP contribution in [0.25, 0.3) is 0 Å². The molecule has 1 aromatic carbocycles. The second-order valence-corrected chi connectivity index (χ2v) is 7.50. The molecule has 2 heterocycles. The van der Waals surface area contributed by atoms with Gasteiger partial charge in [-0.1, -0.05) is 17.7 Å². The Kier molecular flexibility index (Phi) is 5.63. The third-order valence-electron chi connectivity index (χ3n) is 5.02. The molecule has 0 bridgehead atoms. The highest BCUT2D eigenvalue weighted by molar-refractivity contribution is 6.30. The summed E-state index contributed by atoms with van der Waals surface area (Å²) in [4.78, 5) is 15.3. The molecule has 0 saturated carbocycles. The highest BCUT2D eigenvalue weighted by atomic mass is 35.5. The fourth-order valence-corrected chi connectivity index (χ4v) is 3.62. The van der Waals surface area contributed by atoms with E-state index >= 15 is 0 Å². The van der Waals surface area contributed by atoms with Crippen molar-refractivity contribution in [1.29, 1.82) is 0 Å². The van der Waals surface area contributed by atoms with Crippen LogP contribution in [0.15, 0.2) is 18.2 Å². The van der Waals surface area contributed by atoms with Gasteiger partial charge in [-0.05, 0) is 24.1 Å². The molecule has 2 saturated heterocycles. The van der Waals surface area contributed by atoms with Gasteiger partial charge in [-0.15, -0.1) is 0 Å². The molecule has 1 aromatic rings. The van der Waals surface area contributed by atoms with E-state index in [1.807, 2.05) is 6.07 Å². The molecule has 2 aliphatic heterocycles. The molecule has 138 valence electrons. The lowest BCUT2D eigenvalue weighted by Crippen LogP contribution is -2.64. The molecule has 3 rings (SSSR count). The maximum absolute atomic E-state index is 13.5. The van der Waals surface area contributed by atoms with Crippen LogP contribution in [0.4, 0.5) is 4.39 Å². The number of carbonyl (C=O) groups is 1. The number of rotatable bonds is 6. The van der Waals surface area contributed by atoms with E-state index in [-0.39, 0.29) is 29.0 Å². The summed E-state index contributed by atoms with van der Waals surface area (Å²) >= 11 is 5.72. The predicted molar refractivity (Wildman–Crippen MR) is 93.0 cm³/mol. The van der Waals surface area contributed by atoms with Crippen LogP contribution in [0.3, 0.4) is 0 Å². The van der Waals surface area contributed by atoms with Crippen molar-refractivity contribution in [3.05, 3.63) is 34.6 Å². The van der Waals surface area contributed by atoms with Gasteiger partial charge in [0.25, 0.3) is 0 Å². The fraction of sp³-hybridized carbons (Fsp3) is 0.611. The quantitative estimate of drug-likeness (QED) is 0.769. The Morgan fingerprint density at radius 1 is 1.48 bits per heavy atom. The highest BCUT2D eigenvalue weighted by Gasteiger charge is 2.52. The predicted octanol–water partition coefficient (Wildman–Crippen LogP) is 2.17. The van der Waals surface area contributed by atoms with Crippen molar-refractivity contribution in [1.82, 2.24) is 9.80 Å². The van der Waals surface area contributed by atoms with Crippen LogP contribution in [0, 0.1) is 11.7 Å². The Hall–Kier alpha value is -1.21. The number of carbonyl (C=O) groups excluding carboxylic acids is 1. The van der Waals surface area contributed by atoms with Gasteiger partial charge in [-0.25, -0.2) is 4.39 Å². The zero-order valence-corrected chi connectivity index (χ0v) is 15.4. The van der Waals surface area contributed by atoms with Crippen molar-refractivity contribution in [3.63, 3.8) is 0 Å². The van der Waals surface area contributed by atoms with E-state index in [1.165, 1.54) is 11.0 Å². The molecule has 0 N–H and O–H groups in total. The first-order valence-corrected chi connectivity index (χ1v) is 8.85. The minimum Gasteiger partial charge on any atom is -0.372 e. The topological polar surface area (TPSA) is 42.0 Å². The van der Waals surface area contributed by atoms with Gasteiger partial charge < -0.3 is 14.4 Å². The molecule has 2 aliphatic rings. The Labute approximate surface area is 152 Å². The normalized spacial score (nSPS) is 22.2. The van der Waals surface area contributed by atoms with Crippen LogP contribution >= 0.6 is 11.6 Å². The number of benzene rings is 1. The molecular formula is C18H24ClFN2O3. The molecule has 1 unspecified atom stereocenters. The van der Waals surface area contributed by atoms with E-state index in [1.54, 1.807) is 20.2 Å². The highest BCUT2D eigenvalue weighted by Crippen LogP contribution is 2.40. The van der Waals surface area contributed by atoms with Gasteiger partial charge >= 0.3 is 0 Å². The number of halogens is 2. The standard InChI is InChI=1S/C18H24ClFN2O3/c1-21(2)17(23)10-24-9-14-5-6-25-18(14)11-22(12-18)8-13-3-4-15(19)16(20)7-13/h3-4,7,14H,5-6,8-12H2,1-2H3. The zero-order chi connectivity index (χ0) is 18.0. The van der Waals surface area contributed by atoms with Crippen molar-refractivity contribution in [2.24, 2.45) is 5.92 Å². The molecule has 2 fully saturated rings. The van der Waals surface area contributed by atoms with E-state index in [2.05, 4.69) is 4.90 Å². The number of likely N-dealkylation sites (tertiary alicyclic amines) is 1. The minimum absolute atomic E-state index is 0.0343. The van der Waals surface area contributed by atoms with Crippen molar-refractivity contribution < 1.29 is 18.7 Å². The number of likely N-dealkylation sites (N-methyl/N-ethyl adjacent to an activating group) is 1. The van der Waals surface area contributed by atoms with Gasteiger partial charge in [0.2, 0.25) is 5.91 Å². The molecule has 0 aliphatic carbocycles. The van der Waals surface area contributed by atoms with Crippen LogP contribution in [0.5, 0.6) is 0 Å². The molecule has 1 amide bonds. The Morgan fingerprint density at radius 3 is 2.92 bits per heavy atom. The lowest BCUT2D eigenvalue weighted by Gasteiger charge is -2.50. The first-order valence-electron chi connectivity index (χ1n) is 8.48. The summed E-state index contributed by atoms with van der Waals surface area (Å²) in [6.07, 6.45) is 0.944. The van der Waals surface area contributed by atoms with Crippen LogP contribution in [-0.4, -0.2) is 68.3 Å². The van der Waals surface area contributed by atoms with Gasteiger partial charge in [0.05, 0.1) is 17.2 Å². The molecule has 5 nitrogen and oxygen atoms in total. The first kappa shape index (κ1) is 18.6. The number of hydrogen-bond donors (Lipinski definition) is 0. The van der Waals surface area contributed by atoms with Crippen LogP contribution in [0.1, 0.15) is 12.0 Å².